The van der Waals surface area contributed by atoms with Crippen LogP contribution in [0.5, 0.6) is 0 Å². The number of fused-ring (bicyclic) bond motifs is 1. The van der Waals surface area contributed by atoms with E-state index in [1.807, 2.05) is 6.92 Å². The number of aromatic nitrogens is 6. The van der Waals surface area contributed by atoms with Crippen LogP contribution in [0.15, 0.2) is 18.5 Å². The number of amides is 3. The molecule has 2 N–H and O–H groups in total. The summed E-state index contributed by atoms with van der Waals surface area (Å²) in [5, 5.41) is 14.3. The molecule has 55 heavy (non-hydrogen) atoms. The minimum Gasteiger partial charge on any atom is -0.444 e. The van der Waals surface area contributed by atoms with E-state index < -0.39 is 83.9 Å². The van der Waals surface area contributed by atoms with E-state index in [9.17, 15) is 36.3 Å². The maximum atomic E-state index is 14.3. The molecule has 4 fully saturated rings. The van der Waals surface area contributed by atoms with Crippen LogP contribution in [0.4, 0.5) is 26.7 Å². The number of ether oxygens (including phenoxy) is 2. The van der Waals surface area contributed by atoms with Gasteiger partial charge in [-0.15, -0.1) is 0 Å². The van der Waals surface area contributed by atoms with Gasteiger partial charge in [-0.05, 0) is 65.4 Å². The number of piperidine rings is 1. The van der Waals surface area contributed by atoms with Crippen LogP contribution in [-0.4, -0.2) is 102 Å². The number of hydrogen-bond acceptors (Lipinski definition) is 9. The van der Waals surface area contributed by atoms with Crippen molar-refractivity contribution >= 4 is 23.7 Å². The normalized spacial score (nSPS) is 24.8. The molecule has 3 saturated heterocycles. The second kappa shape index (κ2) is 14.3. The molecule has 1 spiro atoms. The Labute approximate surface area is 313 Å². The monoisotopic (exact) mass is 779 g/mol. The van der Waals surface area contributed by atoms with E-state index in [0.29, 0.717) is 24.4 Å². The summed E-state index contributed by atoms with van der Waals surface area (Å²) in [6.07, 6.45) is -2.55. The number of likely N-dealkylation sites (tertiary alicyclic amines) is 1. The highest BCUT2D eigenvalue weighted by molar-refractivity contribution is 5.92. The molecule has 1 aliphatic carbocycles. The Morgan fingerprint density at radius 3 is 2.55 bits per heavy atom. The summed E-state index contributed by atoms with van der Waals surface area (Å²) in [7, 11) is 0. The Bertz CT molecular complexity index is 1930. The predicted molar refractivity (Wildman–Crippen MR) is 184 cm³/mol. The standard InChI is InChI=1S/C36H46F5N9O5/c1-5-49-26(8-11-43-49)30(52)45-27(20-6-9-35(37,38)10-7-20)25-16-50-31(44-25)46-28(24(47-50)13-21-12-23(36(39,40)41)15-42-29(21)51)22-14-34(54-17-22)18-48(19-34)32(53)55-33(2,3)4/h8,11,16,20-23,27H,5-7,9-10,12-15,17-19H2,1-4H3,(H,42,51)(H,45,52)/t21-,22?,23-,27+/m1/s1. The van der Waals surface area contributed by atoms with E-state index in [1.165, 1.54) is 20.3 Å². The molecule has 3 amide bonds. The van der Waals surface area contributed by atoms with Gasteiger partial charge >= 0.3 is 12.3 Å². The molecule has 1 saturated carbocycles. The van der Waals surface area contributed by atoms with Gasteiger partial charge in [-0.25, -0.2) is 28.1 Å². The molecule has 0 aromatic carbocycles. The number of rotatable bonds is 8. The number of carbonyl (C=O) groups excluding carboxylic acids is 3. The molecule has 14 nitrogen and oxygen atoms in total. The number of nitrogens with zero attached hydrogens (tertiary/aromatic N) is 7. The third kappa shape index (κ3) is 8.26. The highest BCUT2D eigenvalue weighted by atomic mass is 19.4. The lowest BCUT2D eigenvalue weighted by Gasteiger charge is -2.46. The molecule has 6 heterocycles. The van der Waals surface area contributed by atoms with Crippen LogP contribution in [0.25, 0.3) is 5.78 Å². The van der Waals surface area contributed by atoms with Crippen molar-refractivity contribution in [2.75, 3.05) is 26.2 Å². The van der Waals surface area contributed by atoms with Gasteiger partial charge in [0.15, 0.2) is 0 Å². The van der Waals surface area contributed by atoms with Crippen molar-refractivity contribution in [3.8, 4) is 0 Å². The zero-order valence-corrected chi connectivity index (χ0v) is 31.2. The topological polar surface area (TPSA) is 158 Å². The third-order valence-electron chi connectivity index (χ3n) is 11.1. The summed E-state index contributed by atoms with van der Waals surface area (Å²) in [6.45, 7) is 7.79. The van der Waals surface area contributed by atoms with Crippen molar-refractivity contribution in [3.05, 3.63) is 41.2 Å². The van der Waals surface area contributed by atoms with Gasteiger partial charge in [-0.3, -0.25) is 14.3 Å². The van der Waals surface area contributed by atoms with Crippen LogP contribution in [-0.2, 0) is 27.2 Å². The molecule has 3 aromatic rings. The summed E-state index contributed by atoms with van der Waals surface area (Å²) < 4.78 is 84.6. The molecular formula is C36H46F5N9O5. The Morgan fingerprint density at radius 2 is 1.87 bits per heavy atom. The number of nitrogens with one attached hydrogen (secondary N) is 2. The first kappa shape index (κ1) is 38.8. The fraction of sp³-hybridized carbons (Fsp3) is 0.694. The lowest BCUT2D eigenvalue weighted by atomic mass is 9.81. The van der Waals surface area contributed by atoms with Gasteiger partial charge in [0.1, 0.15) is 16.9 Å². The first-order valence-corrected chi connectivity index (χ1v) is 18.7. The molecule has 300 valence electrons. The predicted octanol–water partition coefficient (Wildman–Crippen LogP) is 4.99. The van der Waals surface area contributed by atoms with Gasteiger partial charge in [-0.1, -0.05) is 0 Å². The lowest BCUT2D eigenvalue weighted by Crippen LogP contribution is -2.63. The van der Waals surface area contributed by atoms with E-state index in [2.05, 4.69) is 15.7 Å². The molecule has 0 radical (unpaired) electrons. The first-order chi connectivity index (χ1) is 25.8. The number of imidazole rings is 1. The second-order valence-electron chi connectivity index (χ2n) is 16.4. The van der Waals surface area contributed by atoms with Gasteiger partial charge in [0.05, 0.1) is 54.9 Å². The highest BCUT2D eigenvalue weighted by Gasteiger charge is 2.53. The maximum Gasteiger partial charge on any atom is 0.410 e. The SMILES string of the molecule is CCn1nccc1C(=O)N[C@H](c1cn2nc(C[C@H]3C[C@@H](C(F)(F)F)CNC3=O)c(C3COC4(C3)CN(C(=O)OC(C)(C)C)C4)nc2n1)C1CCC(F)(F)CC1. The fourth-order valence-electron chi connectivity index (χ4n) is 8.23. The molecular weight excluding hydrogens is 733 g/mol. The first-order valence-electron chi connectivity index (χ1n) is 18.7. The summed E-state index contributed by atoms with van der Waals surface area (Å²) in [6, 6.07) is 0.759. The van der Waals surface area contributed by atoms with Crippen molar-refractivity contribution in [2.45, 2.75) is 114 Å². The molecule has 19 heteroatoms. The van der Waals surface area contributed by atoms with Gasteiger partial charge in [0.25, 0.3) is 11.7 Å². The van der Waals surface area contributed by atoms with Crippen molar-refractivity contribution < 1.29 is 45.8 Å². The lowest BCUT2D eigenvalue weighted by molar-refractivity contribution is -0.183. The molecule has 4 atom stereocenters. The van der Waals surface area contributed by atoms with Crippen molar-refractivity contribution in [1.82, 2.24) is 44.9 Å². The van der Waals surface area contributed by atoms with E-state index in [4.69, 9.17) is 24.5 Å². The van der Waals surface area contributed by atoms with Crippen LogP contribution >= 0.6 is 0 Å². The minimum atomic E-state index is -4.50. The average molecular weight is 780 g/mol. The summed E-state index contributed by atoms with van der Waals surface area (Å²) in [4.78, 5) is 50.4. The van der Waals surface area contributed by atoms with E-state index >= 15 is 0 Å². The summed E-state index contributed by atoms with van der Waals surface area (Å²) in [5.74, 6) is -7.24. The third-order valence-corrected chi connectivity index (χ3v) is 11.1. The van der Waals surface area contributed by atoms with Crippen LogP contribution in [0.2, 0.25) is 0 Å². The number of halogens is 5. The number of hydrogen-bond donors (Lipinski definition) is 2. The van der Waals surface area contributed by atoms with Gasteiger partial charge in [-0.2, -0.15) is 23.4 Å². The zero-order valence-electron chi connectivity index (χ0n) is 31.2. The molecule has 4 aliphatic rings. The Kier molecular flexibility index (Phi) is 10.1. The fourth-order valence-corrected chi connectivity index (χ4v) is 8.23. The Morgan fingerprint density at radius 1 is 1.15 bits per heavy atom. The van der Waals surface area contributed by atoms with Gasteiger partial charge in [0, 0.05) is 50.4 Å². The minimum absolute atomic E-state index is 0.120. The number of carbonyl (C=O) groups is 3. The van der Waals surface area contributed by atoms with Crippen LogP contribution in [0.1, 0.15) is 106 Å². The maximum absolute atomic E-state index is 14.3. The largest absolute Gasteiger partial charge is 0.444 e. The second-order valence-corrected chi connectivity index (χ2v) is 16.4. The van der Waals surface area contributed by atoms with E-state index in [0.717, 1.165) is 0 Å². The summed E-state index contributed by atoms with van der Waals surface area (Å²) >= 11 is 0. The van der Waals surface area contributed by atoms with Crippen LogP contribution < -0.4 is 10.6 Å². The van der Waals surface area contributed by atoms with E-state index in [1.54, 1.807) is 33.0 Å². The number of aryl methyl sites for hydroxylation is 1. The molecule has 3 aliphatic heterocycles. The van der Waals surface area contributed by atoms with Crippen molar-refractivity contribution in [3.63, 3.8) is 0 Å². The van der Waals surface area contributed by atoms with Gasteiger partial charge < -0.3 is 25.0 Å². The van der Waals surface area contributed by atoms with Crippen LogP contribution in [0, 0.1) is 17.8 Å². The smallest absolute Gasteiger partial charge is 0.410 e. The quantitative estimate of drug-likeness (QED) is 0.301. The molecule has 1 unspecified atom stereocenters. The zero-order chi connectivity index (χ0) is 39.5. The van der Waals surface area contributed by atoms with Crippen LogP contribution in [0.3, 0.4) is 0 Å². The van der Waals surface area contributed by atoms with Gasteiger partial charge in [0.2, 0.25) is 11.8 Å². The highest BCUT2D eigenvalue weighted by Crippen LogP contribution is 2.44. The average Bonchev–Trinajstić information content (AvgIpc) is 3.84. The number of alkyl halides is 5. The Balaban J connectivity index is 1.21. The molecule has 7 rings (SSSR count). The van der Waals surface area contributed by atoms with E-state index in [-0.39, 0.29) is 69.0 Å². The van der Waals surface area contributed by atoms with Crippen molar-refractivity contribution in [1.29, 1.82) is 0 Å². The van der Waals surface area contributed by atoms with Crippen molar-refractivity contribution in [2.24, 2.45) is 17.8 Å². The molecule has 0 bridgehead atoms. The Hall–Kier alpha value is -4.42. The molecule has 3 aromatic heterocycles. The summed E-state index contributed by atoms with van der Waals surface area (Å²) in [5.41, 5.74) is -0.0619.